The summed E-state index contributed by atoms with van der Waals surface area (Å²) in [5.41, 5.74) is 1.81. The van der Waals surface area contributed by atoms with Crippen molar-refractivity contribution in [3.8, 4) is 6.07 Å². The fraction of sp³-hybridized carbons (Fsp3) is 0.474. The molecule has 2 aromatic rings. The molecular weight excluding hydrogens is 376 g/mol. The molecule has 1 aromatic carbocycles. The molecule has 0 radical (unpaired) electrons. The van der Waals surface area contributed by atoms with Gasteiger partial charge in [-0.25, -0.2) is 9.48 Å². The van der Waals surface area contributed by atoms with Gasteiger partial charge in [0.25, 0.3) is 0 Å². The summed E-state index contributed by atoms with van der Waals surface area (Å²) < 4.78 is 19.0. The summed E-state index contributed by atoms with van der Waals surface area (Å²) in [5.74, 6) is 0. The van der Waals surface area contributed by atoms with Crippen molar-refractivity contribution in [2.24, 2.45) is 0 Å². The van der Waals surface area contributed by atoms with Gasteiger partial charge in [-0.15, -0.1) is 5.10 Å². The fourth-order valence-corrected chi connectivity index (χ4v) is 3.60. The lowest BCUT2D eigenvalue weighted by molar-refractivity contribution is 0.00770. The molecule has 4 atom stereocenters. The molecule has 2 saturated heterocycles. The minimum absolute atomic E-state index is 0.118. The van der Waals surface area contributed by atoms with E-state index in [2.05, 4.69) is 15.6 Å². The molecule has 1 N–H and O–H groups in total. The number of benzene rings is 1. The molecule has 0 unspecified atom stereocenters. The average molecular weight is 398 g/mol. The number of aromatic nitrogens is 3. The number of amides is 1. The van der Waals surface area contributed by atoms with Crippen LogP contribution in [0.15, 0.2) is 30.5 Å². The van der Waals surface area contributed by atoms with Crippen molar-refractivity contribution in [3.63, 3.8) is 0 Å². The van der Waals surface area contributed by atoms with Crippen LogP contribution in [0.4, 0.5) is 10.5 Å². The van der Waals surface area contributed by atoms with Crippen molar-refractivity contribution in [1.29, 1.82) is 5.26 Å². The predicted octanol–water partition coefficient (Wildman–Crippen LogP) is 1.17. The van der Waals surface area contributed by atoms with Gasteiger partial charge in [0.05, 0.1) is 36.7 Å². The lowest BCUT2D eigenvalue weighted by atomic mass is 10.1. The molecule has 1 amide bonds. The molecule has 2 aliphatic heterocycles. The maximum absolute atomic E-state index is 12.3. The zero-order chi connectivity index (χ0) is 20.4. The number of hydrogen-bond donors (Lipinski definition) is 1. The van der Waals surface area contributed by atoms with E-state index in [-0.39, 0.29) is 24.9 Å². The Balaban J connectivity index is 1.36. The second-order valence-electron chi connectivity index (χ2n) is 7.35. The summed E-state index contributed by atoms with van der Waals surface area (Å²) in [6.45, 7) is 1.35. The van der Waals surface area contributed by atoms with Gasteiger partial charge in [0.15, 0.2) is 6.10 Å². The molecule has 2 aliphatic rings. The molecule has 10 heteroatoms. The normalized spacial score (nSPS) is 25.6. The van der Waals surface area contributed by atoms with Gasteiger partial charge in [-0.3, -0.25) is 5.32 Å². The third kappa shape index (κ3) is 4.22. The molecule has 3 heterocycles. The van der Waals surface area contributed by atoms with E-state index in [9.17, 15) is 4.79 Å². The molecule has 10 nitrogen and oxygen atoms in total. The Kier molecular flexibility index (Phi) is 5.44. The van der Waals surface area contributed by atoms with Crippen molar-refractivity contribution in [2.75, 3.05) is 32.6 Å². The Hall–Kier alpha value is -3.00. The first-order chi connectivity index (χ1) is 14.0. The summed E-state index contributed by atoms with van der Waals surface area (Å²) in [5, 5.41) is 20.0. The minimum Gasteiger partial charge on any atom is -0.441 e. The number of fused-ring (bicyclic) bond motifs is 1. The molecule has 2 fully saturated rings. The molecule has 1 aromatic heterocycles. The van der Waals surface area contributed by atoms with E-state index in [0.29, 0.717) is 24.4 Å². The van der Waals surface area contributed by atoms with Crippen molar-refractivity contribution in [1.82, 2.24) is 19.9 Å². The minimum atomic E-state index is -0.615. The molecule has 29 heavy (non-hydrogen) atoms. The van der Waals surface area contributed by atoms with Gasteiger partial charge in [-0.05, 0) is 32.3 Å². The van der Waals surface area contributed by atoms with Gasteiger partial charge in [0, 0.05) is 12.2 Å². The largest absolute Gasteiger partial charge is 0.441 e. The molecule has 0 saturated carbocycles. The van der Waals surface area contributed by atoms with Gasteiger partial charge in [-0.2, -0.15) is 5.26 Å². The zero-order valence-corrected chi connectivity index (χ0v) is 16.2. The topological polar surface area (TPSA) is 115 Å². The SMILES string of the molecule is CN(C)Cc1cn([C@H]2CO[C@H]3[C@@H]2OC[C@H]3OC(=O)Nc2cccc(C#N)c2)nn1. The second kappa shape index (κ2) is 8.16. The fourth-order valence-electron chi connectivity index (χ4n) is 3.60. The summed E-state index contributed by atoms with van der Waals surface area (Å²) in [6, 6.07) is 8.53. The van der Waals surface area contributed by atoms with Gasteiger partial charge >= 0.3 is 6.09 Å². The molecule has 4 rings (SSSR count). The number of nitrogens with zero attached hydrogens (tertiary/aromatic N) is 5. The van der Waals surface area contributed by atoms with E-state index >= 15 is 0 Å². The number of carbonyl (C=O) groups excluding carboxylic acids is 1. The Bertz CT molecular complexity index is 923. The third-order valence-electron chi connectivity index (χ3n) is 4.85. The summed E-state index contributed by atoms with van der Waals surface area (Å²) in [6.07, 6.45) is 0.133. The monoisotopic (exact) mass is 398 g/mol. The quantitative estimate of drug-likeness (QED) is 0.798. The number of hydrogen-bond acceptors (Lipinski definition) is 8. The Morgan fingerprint density at radius 3 is 3.00 bits per heavy atom. The maximum Gasteiger partial charge on any atom is 0.412 e. The molecule has 0 spiro atoms. The first kappa shape index (κ1) is 19.3. The first-order valence-corrected chi connectivity index (χ1v) is 9.30. The van der Waals surface area contributed by atoms with E-state index in [1.165, 1.54) is 0 Å². The number of nitriles is 1. The van der Waals surface area contributed by atoms with Crippen LogP contribution in [0.3, 0.4) is 0 Å². The predicted molar refractivity (Wildman–Crippen MR) is 101 cm³/mol. The number of anilines is 1. The van der Waals surface area contributed by atoms with E-state index in [1.54, 1.807) is 28.9 Å². The van der Waals surface area contributed by atoms with Crippen LogP contribution in [0, 0.1) is 11.3 Å². The Morgan fingerprint density at radius 1 is 1.38 bits per heavy atom. The van der Waals surface area contributed by atoms with Crippen molar-refractivity contribution >= 4 is 11.8 Å². The molecule has 0 aliphatic carbocycles. The van der Waals surface area contributed by atoms with E-state index in [1.807, 2.05) is 31.3 Å². The van der Waals surface area contributed by atoms with E-state index in [4.69, 9.17) is 19.5 Å². The maximum atomic E-state index is 12.3. The smallest absolute Gasteiger partial charge is 0.412 e. The number of carbonyl (C=O) groups is 1. The summed E-state index contributed by atoms with van der Waals surface area (Å²) in [7, 11) is 3.94. The van der Waals surface area contributed by atoms with Crippen molar-refractivity contribution < 1.29 is 19.0 Å². The standard InChI is InChI=1S/C19H22N6O4/c1-24(2)8-14-9-25(23-22-14)15-10-27-18-16(11-28-17(15)18)29-19(26)21-13-5-3-4-12(6-13)7-20/h3-6,9,15-18H,8,10-11H2,1-2H3,(H,21,26)/t15-,16+,17+,18+/m0/s1. The molecule has 152 valence electrons. The van der Waals surface area contributed by atoms with Crippen LogP contribution in [0.25, 0.3) is 0 Å². The van der Waals surface area contributed by atoms with Gasteiger partial charge in [0.1, 0.15) is 18.2 Å². The van der Waals surface area contributed by atoms with Crippen LogP contribution in [-0.4, -0.2) is 71.6 Å². The highest BCUT2D eigenvalue weighted by molar-refractivity contribution is 5.85. The Morgan fingerprint density at radius 2 is 2.21 bits per heavy atom. The van der Waals surface area contributed by atoms with Crippen molar-refractivity contribution in [2.45, 2.75) is 30.9 Å². The van der Waals surface area contributed by atoms with Gasteiger partial charge in [-0.1, -0.05) is 11.3 Å². The Labute approximate surface area is 167 Å². The van der Waals surface area contributed by atoms with Crippen LogP contribution >= 0.6 is 0 Å². The number of ether oxygens (including phenoxy) is 3. The molecule has 0 bridgehead atoms. The van der Waals surface area contributed by atoms with Crippen LogP contribution in [0.5, 0.6) is 0 Å². The van der Waals surface area contributed by atoms with Crippen LogP contribution in [0.1, 0.15) is 17.3 Å². The van der Waals surface area contributed by atoms with E-state index < -0.39 is 12.2 Å². The number of nitrogens with one attached hydrogen (secondary N) is 1. The summed E-state index contributed by atoms with van der Waals surface area (Å²) in [4.78, 5) is 14.3. The molecular formula is C19H22N6O4. The van der Waals surface area contributed by atoms with Gasteiger partial charge < -0.3 is 19.1 Å². The highest BCUT2D eigenvalue weighted by Crippen LogP contribution is 2.35. The summed E-state index contributed by atoms with van der Waals surface area (Å²) >= 11 is 0. The highest BCUT2D eigenvalue weighted by Gasteiger charge is 2.50. The lowest BCUT2D eigenvalue weighted by Gasteiger charge is -2.17. The zero-order valence-electron chi connectivity index (χ0n) is 16.2. The highest BCUT2D eigenvalue weighted by atomic mass is 16.6. The van der Waals surface area contributed by atoms with E-state index in [0.717, 1.165) is 5.69 Å². The van der Waals surface area contributed by atoms with Crippen LogP contribution < -0.4 is 5.32 Å². The van der Waals surface area contributed by atoms with Gasteiger partial charge in [0.2, 0.25) is 0 Å². The second-order valence-corrected chi connectivity index (χ2v) is 7.35. The first-order valence-electron chi connectivity index (χ1n) is 9.30. The van der Waals surface area contributed by atoms with Crippen LogP contribution in [0.2, 0.25) is 0 Å². The number of rotatable bonds is 5. The van der Waals surface area contributed by atoms with Crippen LogP contribution in [-0.2, 0) is 20.8 Å². The lowest BCUT2D eigenvalue weighted by Crippen LogP contribution is -2.34. The average Bonchev–Trinajstić information content (AvgIpc) is 3.39. The van der Waals surface area contributed by atoms with Crippen molar-refractivity contribution in [3.05, 3.63) is 41.7 Å². The third-order valence-corrected chi connectivity index (χ3v) is 4.85.